The van der Waals surface area contributed by atoms with Crippen LogP contribution >= 0.6 is 0 Å². The molecule has 1 aliphatic heterocycles. The molecule has 28 heavy (non-hydrogen) atoms. The number of aryl methyl sites for hydroxylation is 1. The predicted octanol–water partition coefficient (Wildman–Crippen LogP) is 3.04. The van der Waals surface area contributed by atoms with Gasteiger partial charge in [0.1, 0.15) is 5.75 Å². The minimum absolute atomic E-state index is 0.175. The number of nitrogens with one attached hydrogen (secondary N) is 1. The Morgan fingerprint density at radius 2 is 1.89 bits per heavy atom. The van der Waals surface area contributed by atoms with Gasteiger partial charge in [0.2, 0.25) is 10.0 Å². The molecule has 150 valence electrons. The van der Waals surface area contributed by atoms with E-state index >= 15 is 0 Å². The standard InChI is InChI=1S/C21H26N2O4S/c1-4-16-9-11-17(12-10-16)15(2)22-21(24)20-13-14-23(28(3,25)26)18-7-5-6-8-19(18)27-20/h5-12,15,20H,4,13-14H2,1-3H3,(H,22,24)/t15-,20+/m0/s1. The van der Waals surface area contributed by atoms with Crippen molar-refractivity contribution in [3.63, 3.8) is 0 Å². The molecule has 1 aliphatic rings. The molecule has 1 N–H and O–H groups in total. The maximum atomic E-state index is 12.8. The first-order valence-corrected chi connectivity index (χ1v) is 11.3. The molecule has 1 amide bonds. The highest BCUT2D eigenvalue weighted by Crippen LogP contribution is 2.34. The molecular formula is C21H26N2O4S. The van der Waals surface area contributed by atoms with E-state index in [2.05, 4.69) is 24.4 Å². The molecule has 0 unspecified atom stereocenters. The van der Waals surface area contributed by atoms with Gasteiger partial charge < -0.3 is 10.1 Å². The summed E-state index contributed by atoms with van der Waals surface area (Å²) in [6, 6.07) is 14.9. The summed E-state index contributed by atoms with van der Waals surface area (Å²) >= 11 is 0. The highest BCUT2D eigenvalue weighted by molar-refractivity contribution is 7.92. The zero-order valence-corrected chi connectivity index (χ0v) is 17.2. The Labute approximate surface area is 166 Å². The molecule has 2 aromatic rings. The summed E-state index contributed by atoms with van der Waals surface area (Å²) in [5, 5.41) is 2.98. The van der Waals surface area contributed by atoms with Crippen molar-refractivity contribution in [3.8, 4) is 5.75 Å². The molecule has 7 heteroatoms. The van der Waals surface area contributed by atoms with Crippen molar-refractivity contribution in [1.29, 1.82) is 0 Å². The lowest BCUT2D eigenvalue weighted by molar-refractivity contribution is -0.128. The molecule has 0 bridgehead atoms. The van der Waals surface area contributed by atoms with Crippen LogP contribution in [-0.2, 0) is 21.2 Å². The van der Waals surface area contributed by atoms with Gasteiger partial charge in [-0.3, -0.25) is 9.10 Å². The number of rotatable bonds is 5. The molecule has 2 aromatic carbocycles. The van der Waals surface area contributed by atoms with Gasteiger partial charge in [0.25, 0.3) is 5.91 Å². The van der Waals surface area contributed by atoms with Gasteiger partial charge in [-0.05, 0) is 36.6 Å². The number of sulfonamides is 1. The largest absolute Gasteiger partial charge is 0.478 e. The molecule has 6 nitrogen and oxygen atoms in total. The molecular weight excluding hydrogens is 376 g/mol. The first-order chi connectivity index (χ1) is 13.3. The SMILES string of the molecule is CCc1ccc([C@H](C)NC(=O)[C@H]2CCN(S(C)(=O)=O)c3ccccc3O2)cc1. The third kappa shape index (κ3) is 4.47. The Balaban J connectivity index is 1.76. The van der Waals surface area contributed by atoms with Gasteiger partial charge >= 0.3 is 0 Å². The summed E-state index contributed by atoms with van der Waals surface area (Å²) < 4.78 is 31.5. The number of anilines is 1. The first kappa shape index (κ1) is 20.2. The molecule has 0 saturated carbocycles. The molecule has 1 heterocycles. The summed E-state index contributed by atoms with van der Waals surface area (Å²) in [6.45, 7) is 4.21. The monoisotopic (exact) mass is 402 g/mol. The van der Waals surface area contributed by atoms with Crippen molar-refractivity contribution in [3.05, 3.63) is 59.7 Å². The molecule has 0 radical (unpaired) electrons. The van der Waals surface area contributed by atoms with Gasteiger partial charge in [0.05, 0.1) is 18.0 Å². The fourth-order valence-corrected chi connectivity index (χ4v) is 4.24. The van der Waals surface area contributed by atoms with Crippen molar-refractivity contribution >= 4 is 21.6 Å². The van der Waals surface area contributed by atoms with E-state index in [0.717, 1.165) is 18.2 Å². The summed E-state index contributed by atoms with van der Waals surface area (Å²) in [6.07, 6.45) is 1.64. The van der Waals surface area contributed by atoms with Crippen molar-refractivity contribution in [2.24, 2.45) is 0 Å². The van der Waals surface area contributed by atoms with Crippen molar-refractivity contribution < 1.29 is 17.9 Å². The molecule has 0 saturated heterocycles. The fourth-order valence-electron chi connectivity index (χ4n) is 3.29. The molecule has 0 fully saturated rings. The second kappa shape index (κ2) is 8.22. The number of para-hydroxylation sites is 2. The average molecular weight is 403 g/mol. The number of ether oxygens (including phenoxy) is 1. The maximum Gasteiger partial charge on any atom is 0.261 e. The summed E-state index contributed by atoms with van der Waals surface area (Å²) in [5.41, 5.74) is 2.72. The molecule has 0 aromatic heterocycles. The quantitative estimate of drug-likeness (QED) is 0.834. The minimum Gasteiger partial charge on any atom is -0.478 e. The van der Waals surface area contributed by atoms with Crippen LogP contribution in [0.3, 0.4) is 0 Å². The fraction of sp³-hybridized carbons (Fsp3) is 0.381. The lowest BCUT2D eigenvalue weighted by Crippen LogP contribution is -2.40. The van der Waals surface area contributed by atoms with Crippen molar-refractivity contribution in [2.45, 2.75) is 38.8 Å². The Morgan fingerprint density at radius 3 is 2.54 bits per heavy atom. The normalized spacial score (nSPS) is 17.8. The maximum absolute atomic E-state index is 12.8. The Hall–Kier alpha value is -2.54. The number of fused-ring (bicyclic) bond motifs is 1. The molecule has 0 aliphatic carbocycles. The van der Waals surface area contributed by atoms with Crippen LogP contribution in [-0.4, -0.2) is 33.2 Å². The summed E-state index contributed by atoms with van der Waals surface area (Å²) in [7, 11) is -3.46. The lowest BCUT2D eigenvalue weighted by Gasteiger charge is -2.20. The molecule has 0 spiro atoms. The number of amides is 1. The van der Waals surface area contributed by atoms with Gasteiger partial charge in [0.15, 0.2) is 6.10 Å². The van der Waals surface area contributed by atoms with Gasteiger partial charge in [-0.15, -0.1) is 0 Å². The first-order valence-electron chi connectivity index (χ1n) is 9.42. The summed E-state index contributed by atoms with van der Waals surface area (Å²) in [4.78, 5) is 12.8. The highest BCUT2D eigenvalue weighted by Gasteiger charge is 2.31. The number of benzene rings is 2. The van der Waals surface area contributed by atoms with Crippen molar-refractivity contribution in [1.82, 2.24) is 5.32 Å². The van der Waals surface area contributed by atoms with Crippen LogP contribution < -0.4 is 14.4 Å². The highest BCUT2D eigenvalue weighted by atomic mass is 32.2. The van der Waals surface area contributed by atoms with Crippen LogP contribution in [0, 0.1) is 0 Å². The third-order valence-electron chi connectivity index (χ3n) is 4.94. The third-order valence-corrected chi connectivity index (χ3v) is 6.12. The number of hydrogen-bond donors (Lipinski definition) is 1. The number of hydrogen-bond acceptors (Lipinski definition) is 4. The zero-order valence-electron chi connectivity index (χ0n) is 16.4. The van der Waals surface area contributed by atoms with Crippen LogP contribution in [0.25, 0.3) is 0 Å². The number of carbonyl (C=O) groups excluding carboxylic acids is 1. The Morgan fingerprint density at radius 1 is 1.21 bits per heavy atom. The van der Waals surface area contributed by atoms with E-state index in [1.165, 1.54) is 9.87 Å². The van der Waals surface area contributed by atoms with Crippen LogP contribution in [0.15, 0.2) is 48.5 Å². The van der Waals surface area contributed by atoms with Gasteiger partial charge in [-0.1, -0.05) is 43.3 Å². The second-order valence-corrected chi connectivity index (χ2v) is 8.93. The minimum atomic E-state index is -3.46. The van der Waals surface area contributed by atoms with E-state index in [1.807, 2.05) is 19.1 Å². The van der Waals surface area contributed by atoms with E-state index < -0.39 is 16.1 Å². The Kier molecular flexibility index (Phi) is 5.93. The van der Waals surface area contributed by atoms with Crippen LogP contribution in [0.4, 0.5) is 5.69 Å². The van der Waals surface area contributed by atoms with E-state index in [0.29, 0.717) is 11.4 Å². The smallest absolute Gasteiger partial charge is 0.261 e. The summed E-state index contributed by atoms with van der Waals surface area (Å²) in [5.74, 6) is 0.141. The lowest BCUT2D eigenvalue weighted by atomic mass is 10.0. The van der Waals surface area contributed by atoms with E-state index in [1.54, 1.807) is 24.3 Å². The molecule has 3 rings (SSSR count). The zero-order chi connectivity index (χ0) is 20.3. The van der Waals surface area contributed by atoms with Crippen LogP contribution in [0.2, 0.25) is 0 Å². The van der Waals surface area contributed by atoms with Crippen molar-refractivity contribution in [2.75, 3.05) is 17.1 Å². The number of nitrogens with zero attached hydrogens (tertiary/aromatic N) is 1. The van der Waals surface area contributed by atoms with Gasteiger partial charge in [-0.2, -0.15) is 0 Å². The Bertz CT molecular complexity index is 941. The van der Waals surface area contributed by atoms with E-state index in [9.17, 15) is 13.2 Å². The van der Waals surface area contributed by atoms with E-state index in [-0.39, 0.29) is 24.9 Å². The van der Waals surface area contributed by atoms with Crippen LogP contribution in [0.5, 0.6) is 5.75 Å². The molecule has 2 atom stereocenters. The second-order valence-electron chi connectivity index (χ2n) is 7.02. The predicted molar refractivity (Wildman–Crippen MR) is 110 cm³/mol. The number of carbonyl (C=O) groups is 1. The topological polar surface area (TPSA) is 75.7 Å². The van der Waals surface area contributed by atoms with Gasteiger partial charge in [-0.25, -0.2) is 8.42 Å². The van der Waals surface area contributed by atoms with E-state index in [4.69, 9.17) is 4.74 Å². The average Bonchev–Trinajstić information content (AvgIpc) is 2.87. The van der Waals surface area contributed by atoms with Gasteiger partial charge in [0, 0.05) is 13.0 Å². The van der Waals surface area contributed by atoms with Crippen LogP contribution in [0.1, 0.15) is 37.4 Å².